The molecule has 310 valence electrons. The van der Waals surface area contributed by atoms with E-state index < -0.39 is 11.9 Å². The van der Waals surface area contributed by atoms with Crippen LogP contribution in [0.1, 0.15) is 76.6 Å². The molecule has 11 rings (SSSR count). The Hall–Kier alpha value is -5.59. The summed E-state index contributed by atoms with van der Waals surface area (Å²) in [6.07, 6.45) is 3.72. The van der Waals surface area contributed by atoms with Gasteiger partial charge in [-0.25, -0.2) is 0 Å². The van der Waals surface area contributed by atoms with Crippen LogP contribution in [0, 0.1) is 5.92 Å². The van der Waals surface area contributed by atoms with E-state index in [9.17, 15) is 19.5 Å². The predicted molar refractivity (Wildman–Crippen MR) is 225 cm³/mol. The summed E-state index contributed by atoms with van der Waals surface area (Å²) in [4.78, 5) is 46.9. The molecule has 4 saturated heterocycles. The van der Waals surface area contributed by atoms with Crippen molar-refractivity contribution in [2.24, 2.45) is 5.92 Å². The molecule has 0 aromatic heterocycles. The lowest BCUT2D eigenvalue weighted by molar-refractivity contribution is -0.136. The molecule has 12 nitrogen and oxygen atoms in total. The molecule has 2 N–H and O–H groups in total. The molecule has 12 heteroatoms. The van der Waals surface area contributed by atoms with Gasteiger partial charge in [0.25, 0.3) is 5.91 Å². The van der Waals surface area contributed by atoms with Gasteiger partial charge in [-0.2, -0.15) is 0 Å². The fourth-order valence-electron chi connectivity index (χ4n) is 11.3. The van der Waals surface area contributed by atoms with E-state index in [0.717, 1.165) is 93.5 Å². The van der Waals surface area contributed by atoms with Crippen molar-refractivity contribution >= 4 is 29.1 Å². The van der Waals surface area contributed by atoms with Crippen LogP contribution < -0.4 is 24.6 Å². The first-order chi connectivity index (χ1) is 29.3. The Morgan fingerprint density at radius 2 is 1.62 bits per heavy atom. The van der Waals surface area contributed by atoms with E-state index >= 15 is 0 Å². The molecule has 0 aliphatic carbocycles. The summed E-state index contributed by atoms with van der Waals surface area (Å²) in [6, 6.07) is 28.8. The maximum atomic E-state index is 13.4. The zero-order valence-electron chi connectivity index (χ0n) is 33.8. The average Bonchev–Trinajstić information content (AvgIpc) is 3.81. The number of hydrogen-bond donors (Lipinski definition) is 2. The van der Waals surface area contributed by atoms with Gasteiger partial charge in [0, 0.05) is 87.0 Å². The number of nitrogens with zero attached hydrogens (tertiary/aromatic N) is 4. The second-order valence-corrected chi connectivity index (χ2v) is 18.0. The summed E-state index contributed by atoms with van der Waals surface area (Å²) in [5.74, 6) is 1.65. The van der Waals surface area contributed by atoms with Crippen LogP contribution in [0.3, 0.4) is 0 Å². The Bertz CT molecular complexity index is 2330. The van der Waals surface area contributed by atoms with Crippen molar-refractivity contribution in [1.29, 1.82) is 0 Å². The van der Waals surface area contributed by atoms with Crippen LogP contribution >= 0.6 is 0 Å². The van der Waals surface area contributed by atoms with E-state index in [0.29, 0.717) is 37.7 Å². The zero-order valence-corrected chi connectivity index (χ0v) is 33.8. The Morgan fingerprint density at radius 1 is 0.800 bits per heavy atom. The number of anilines is 2. The number of hydrogen-bond acceptors (Lipinski definition) is 10. The number of amides is 3. The predicted octanol–water partition coefficient (Wildman–Crippen LogP) is 5.42. The van der Waals surface area contributed by atoms with Crippen LogP contribution in [0.4, 0.5) is 11.4 Å². The van der Waals surface area contributed by atoms with Crippen molar-refractivity contribution in [3.05, 3.63) is 113 Å². The third kappa shape index (κ3) is 6.64. The van der Waals surface area contributed by atoms with Crippen LogP contribution in [0.2, 0.25) is 0 Å². The Morgan fingerprint density at radius 3 is 2.43 bits per heavy atom. The van der Waals surface area contributed by atoms with Crippen LogP contribution in [0.15, 0.2) is 84.9 Å². The van der Waals surface area contributed by atoms with Crippen molar-refractivity contribution in [2.45, 2.75) is 68.2 Å². The van der Waals surface area contributed by atoms with Gasteiger partial charge in [-0.05, 0) is 78.6 Å². The van der Waals surface area contributed by atoms with E-state index in [2.05, 4.69) is 80.7 Å². The largest absolute Gasteiger partial charge is 0.508 e. The van der Waals surface area contributed by atoms with Gasteiger partial charge in [-0.15, -0.1) is 0 Å². The molecule has 60 heavy (non-hydrogen) atoms. The molecule has 5 atom stereocenters. The molecule has 7 heterocycles. The zero-order chi connectivity index (χ0) is 40.5. The van der Waals surface area contributed by atoms with Gasteiger partial charge in [0.1, 0.15) is 29.9 Å². The SMILES string of the molecule is O=C1CC[C@@H](N2Cc3cc4c(cc3C2=O)OC[C@@H]2CN(C[C@H]3COC5(CCN(c6ccc([C@H]7c8ccc(O)cc8OC[C@H]7c7ccccc7)cc6)CC5)C3)CCN42)C(=O)N1. The molecule has 0 saturated carbocycles. The number of phenols is 1. The summed E-state index contributed by atoms with van der Waals surface area (Å²) in [7, 11) is 0. The van der Waals surface area contributed by atoms with Gasteiger partial charge < -0.3 is 34.0 Å². The van der Waals surface area contributed by atoms with E-state index in [1.165, 1.54) is 16.8 Å². The molecule has 4 aromatic rings. The monoisotopic (exact) mass is 809 g/mol. The van der Waals surface area contributed by atoms with E-state index in [1.54, 1.807) is 17.0 Å². The summed E-state index contributed by atoms with van der Waals surface area (Å²) < 4.78 is 19.2. The highest BCUT2D eigenvalue weighted by Gasteiger charge is 2.45. The minimum atomic E-state index is -0.629. The van der Waals surface area contributed by atoms with Gasteiger partial charge in [-0.1, -0.05) is 48.5 Å². The number of nitrogens with one attached hydrogen (secondary N) is 1. The number of fused-ring (bicyclic) bond motifs is 5. The molecule has 0 bridgehead atoms. The Balaban J connectivity index is 0.699. The number of benzene rings is 4. The lowest BCUT2D eigenvalue weighted by Gasteiger charge is -2.46. The minimum absolute atomic E-state index is 0.0599. The summed E-state index contributed by atoms with van der Waals surface area (Å²) >= 11 is 0. The van der Waals surface area contributed by atoms with Crippen molar-refractivity contribution < 1.29 is 33.7 Å². The number of rotatable bonds is 6. The van der Waals surface area contributed by atoms with E-state index in [-0.39, 0.29) is 47.5 Å². The number of aromatic hydroxyl groups is 1. The normalized spacial score (nSPS) is 27.1. The third-order valence-corrected chi connectivity index (χ3v) is 14.4. The minimum Gasteiger partial charge on any atom is -0.508 e. The lowest BCUT2D eigenvalue weighted by atomic mass is 9.76. The first-order valence-electron chi connectivity index (χ1n) is 21.7. The second kappa shape index (κ2) is 14.8. The summed E-state index contributed by atoms with van der Waals surface area (Å²) in [5, 5.41) is 12.6. The standard InChI is InChI=1S/C48H51N5O7/c54-36-10-11-37-42(21-36)59-29-39(31-4-2-1-3-5-31)45(37)32-6-8-34(9-7-32)51-16-14-48(15-17-51)23-30(27-60-48)24-50-18-19-52-35(26-50)28-58-43-22-38-33(20-41(43)52)25-53(47(38)57)40-12-13-44(55)49-46(40)56/h1-11,20-22,30,35,39-40,45,54H,12-19,23-29H2,(H,49,55,56)/t30-,35-,39-,40+,45-/m0/s1. The fourth-order valence-corrected chi connectivity index (χ4v) is 11.3. The number of piperazine rings is 1. The van der Waals surface area contributed by atoms with E-state index in [1.807, 2.05) is 12.1 Å². The maximum Gasteiger partial charge on any atom is 0.255 e. The molecule has 1 spiro atoms. The van der Waals surface area contributed by atoms with Crippen LogP contribution in [0.25, 0.3) is 0 Å². The Labute approximate surface area is 350 Å². The van der Waals surface area contributed by atoms with Crippen molar-refractivity contribution in [3.63, 3.8) is 0 Å². The number of imide groups is 1. The van der Waals surface area contributed by atoms with Gasteiger partial charge in [-0.3, -0.25) is 24.6 Å². The number of piperidine rings is 2. The van der Waals surface area contributed by atoms with Crippen molar-refractivity contribution in [3.8, 4) is 17.2 Å². The molecule has 0 unspecified atom stereocenters. The highest BCUT2D eigenvalue weighted by molar-refractivity contribution is 6.06. The topological polar surface area (TPSA) is 124 Å². The van der Waals surface area contributed by atoms with Crippen molar-refractivity contribution in [1.82, 2.24) is 15.1 Å². The number of carbonyl (C=O) groups is 3. The molecule has 0 radical (unpaired) electrons. The summed E-state index contributed by atoms with van der Waals surface area (Å²) in [6.45, 7) is 7.99. The van der Waals surface area contributed by atoms with Crippen molar-refractivity contribution in [2.75, 3.05) is 68.9 Å². The molecule has 7 aliphatic rings. The molecule has 4 fully saturated rings. The molecule has 4 aromatic carbocycles. The first kappa shape index (κ1) is 37.4. The highest BCUT2D eigenvalue weighted by atomic mass is 16.5. The second-order valence-electron chi connectivity index (χ2n) is 18.0. The molecule has 3 amide bonds. The molecule has 7 aliphatic heterocycles. The number of carbonyl (C=O) groups excluding carboxylic acids is 3. The molecular weight excluding hydrogens is 759 g/mol. The van der Waals surface area contributed by atoms with Crippen LogP contribution in [0.5, 0.6) is 17.2 Å². The smallest absolute Gasteiger partial charge is 0.255 e. The maximum absolute atomic E-state index is 13.4. The lowest BCUT2D eigenvalue weighted by Crippen LogP contribution is -2.58. The van der Waals surface area contributed by atoms with Gasteiger partial charge in [0.15, 0.2) is 0 Å². The average molecular weight is 810 g/mol. The van der Waals surface area contributed by atoms with Gasteiger partial charge in [0.2, 0.25) is 11.8 Å². The van der Waals surface area contributed by atoms with Crippen LogP contribution in [-0.2, 0) is 20.9 Å². The van der Waals surface area contributed by atoms with E-state index in [4.69, 9.17) is 14.2 Å². The van der Waals surface area contributed by atoms with Gasteiger partial charge in [0.05, 0.1) is 30.5 Å². The fraction of sp³-hybridized carbons (Fsp3) is 0.438. The number of phenolic OH excluding ortho intramolecular Hbond substituents is 1. The molecular formula is C48H51N5O7. The van der Waals surface area contributed by atoms with Gasteiger partial charge >= 0.3 is 0 Å². The first-order valence-corrected chi connectivity index (χ1v) is 21.7. The van der Waals surface area contributed by atoms with Crippen LogP contribution in [-0.4, -0.2) is 109 Å². The highest BCUT2D eigenvalue weighted by Crippen LogP contribution is 2.48. The number of ether oxygens (including phenoxy) is 3. The quantitative estimate of drug-likeness (QED) is 0.244. The summed E-state index contributed by atoms with van der Waals surface area (Å²) in [5.41, 5.74) is 7.32. The third-order valence-electron chi connectivity index (χ3n) is 14.4. The Kier molecular flexibility index (Phi) is 9.26.